The Bertz CT molecular complexity index is 1170. The summed E-state index contributed by atoms with van der Waals surface area (Å²) in [6, 6.07) is 22.9. The molecule has 1 aliphatic heterocycles. The van der Waals surface area contributed by atoms with Crippen LogP contribution in [0.1, 0.15) is 33.5 Å². The lowest BCUT2D eigenvalue weighted by Gasteiger charge is -2.15. The van der Waals surface area contributed by atoms with Crippen molar-refractivity contribution < 1.29 is 14.3 Å². The largest absolute Gasteiger partial charge is 0.465 e. The smallest absolute Gasteiger partial charge is 0.337 e. The molecule has 0 saturated carbocycles. The molecular weight excluding hydrogens is 402 g/mol. The summed E-state index contributed by atoms with van der Waals surface area (Å²) in [6.07, 6.45) is 1.87. The van der Waals surface area contributed by atoms with Crippen molar-refractivity contribution in [2.45, 2.75) is 12.8 Å². The van der Waals surface area contributed by atoms with E-state index >= 15 is 0 Å². The molecule has 1 aliphatic rings. The lowest BCUT2D eigenvalue weighted by molar-refractivity contribution is -0.110. The van der Waals surface area contributed by atoms with Gasteiger partial charge in [-0.2, -0.15) is 0 Å². The second-order valence-electron chi connectivity index (χ2n) is 7.54. The number of carbonyl (C=O) groups is 2. The van der Waals surface area contributed by atoms with E-state index in [4.69, 9.17) is 10.5 Å². The van der Waals surface area contributed by atoms with E-state index in [-0.39, 0.29) is 5.91 Å². The highest BCUT2D eigenvalue weighted by Crippen LogP contribution is 2.38. The van der Waals surface area contributed by atoms with E-state index in [9.17, 15) is 9.59 Å². The minimum Gasteiger partial charge on any atom is -0.465 e. The summed E-state index contributed by atoms with van der Waals surface area (Å²) >= 11 is 0. The zero-order valence-electron chi connectivity index (χ0n) is 17.9. The minimum atomic E-state index is -0.449. The van der Waals surface area contributed by atoms with Crippen molar-refractivity contribution in [2.24, 2.45) is 5.73 Å². The fraction of sp³-hybridized carbons (Fsp3) is 0.154. The zero-order chi connectivity index (χ0) is 22.5. The number of rotatable bonds is 7. The summed E-state index contributed by atoms with van der Waals surface area (Å²) in [4.78, 5) is 24.9. The summed E-state index contributed by atoms with van der Waals surface area (Å²) in [5, 5.41) is 6.32. The predicted molar refractivity (Wildman–Crippen MR) is 127 cm³/mol. The number of amides is 1. The van der Waals surface area contributed by atoms with Gasteiger partial charge >= 0.3 is 5.97 Å². The van der Waals surface area contributed by atoms with Gasteiger partial charge in [0.05, 0.1) is 29.6 Å². The van der Waals surface area contributed by atoms with Crippen molar-refractivity contribution in [3.8, 4) is 0 Å². The molecule has 0 bridgehead atoms. The number of nitrogens with one attached hydrogen (secondary N) is 2. The van der Waals surface area contributed by atoms with Crippen molar-refractivity contribution >= 4 is 34.5 Å². The lowest BCUT2D eigenvalue weighted by Crippen LogP contribution is -2.10. The van der Waals surface area contributed by atoms with Crippen LogP contribution in [0.3, 0.4) is 0 Å². The molecule has 4 N–H and O–H groups in total. The maximum Gasteiger partial charge on any atom is 0.337 e. The Balaban J connectivity index is 1.76. The van der Waals surface area contributed by atoms with Crippen molar-refractivity contribution in [1.82, 2.24) is 0 Å². The minimum absolute atomic E-state index is 0.229. The van der Waals surface area contributed by atoms with Crippen LogP contribution in [0.5, 0.6) is 0 Å². The number of hydrogen-bond donors (Lipinski definition) is 3. The Morgan fingerprint density at radius 3 is 2.44 bits per heavy atom. The highest BCUT2D eigenvalue weighted by atomic mass is 16.5. The van der Waals surface area contributed by atoms with Crippen molar-refractivity contribution in [3.63, 3.8) is 0 Å². The molecule has 0 unspecified atom stereocenters. The zero-order valence-corrected chi connectivity index (χ0v) is 17.9. The van der Waals surface area contributed by atoms with Crippen LogP contribution in [-0.2, 0) is 16.0 Å². The van der Waals surface area contributed by atoms with Crippen molar-refractivity contribution in [2.75, 3.05) is 24.3 Å². The summed E-state index contributed by atoms with van der Waals surface area (Å²) in [5.74, 6) is -0.677. The summed E-state index contributed by atoms with van der Waals surface area (Å²) in [5.41, 5.74) is 11.5. The Morgan fingerprint density at radius 2 is 1.75 bits per heavy atom. The third kappa shape index (κ3) is 4.40. The average Bonchev–Trinajstić information content (AvgIpc) is 3.16. The molecule has 6 nitrogen and oxygen atoms in total. The van der Waals surface area contributed by atoms with E-state index in [0.717, 1.165) is 29.7 Å². The Morgan fingerprint density at radius 1 is 1.00 bits per heavy atom. The Labute approximate surface area is 187 Å². The maximum absolute atomic E-state index is 13.0. The summed E-state index contributed by atoms with van der Waals surface area (Å²) in [7, 11) is 1.33. The predicted octanol–water partition coefficient (Wildman–Crippen LogP) is 4.30. The average molecular weight is 428 g/mol. The highest BCUT2D eigenvalue weighted by molar-refractivity contribution is 6.37. The fourth-order valence-corrected chi connectivity index (χ4v) is 3.75. The molecule has 32 heavy (non-hydrogen) atoms. The first-order valence-corrected chi connectivity index (χ1v) is 10.5. The van der Waals surface area contributed by atoms with Crippen LogP contribution in [0.15, 0.2) is 72.8 Å². The first kappa shape index (κ1) is 21.3. The quantitative estimate of drug-likeness (QED) is 0.386. The standard InChI is InChI=1S/C26H25N3O3/c1-32-26(31)19-11-14-21-22(16-19)29-25(30)23(21)24(18-7-3-2-4-8-18)28-20-12-9-17(10-13-20)6-5-15-27/h2-4,7-14,16,28H,5-6,15,27H2,1H3,(H,29,30)/b24-23-. The number of aryl methyl sites for hydroxylation is 1. The third-order valence-corrected chi connectivity index (χ3v) is 5.39. The first-order valence-electron chi connectivity index (χ1n) is 10.5. The van der Waals surface area contributed by atoms with Gasteiger partial charge in [-0.1, -0.05) is 48.5 Å². The molecule has 0 fully saturated rings. The van der Waals surface area contributed by atoms with Gasteiger partial charge in [-0.25, -0.2) is 4.79 Å². The van der Waals surface area contributed by atoms with Crippen molar-refractivity contribution in [3.05, 3.63) is 95.1 Å². The van der Waals surface area contributed by atoms with E-state index in [0.29, 0.717) is 29.1 Å². The number of fused-ring (bicyclic) bond motifs is 1. The normalized spacial score (nSPS) is 13.9. The molecule has 1 amide bonds. The molecule has 0 saturated heterocycles. The molecule has 0 spiro atoms. The van der Waals surface area contributed by atoms with Gasteiger partial charge in [-0.15, -0.1) is 0 Å². The molecule has 3 aromatic rings. The number of ether oxygens (including phenoxy) is 1. The third-order valence-electron chi connectivity index (χ3n) is 5.39. The fourth-order valence-electron chi connectivity index (χ4n) is 3.75. The number of anilines is 2. The number of nitrogens with two attached hydrogens (primary N) is 1. The maximum atomic E-state index is 13.0. The summed E-state index contributed by atoms with van der Waals surface area (Å²) < 4.78 is 4.80. The highest BCUT2D eigenvalue weighted by Gasteiger charge is 2.29. The van der Waals surface area contributed by atoms with Crippen LogP contribution in [0.25, 0.3) is 11.3 Å². The number of carbonyl (C=O) groups excluding carboxylic acids is 2. The van der Waals surface area contributed by atoms with Crippen LogP contribution in [0.2, 0.25) is 0 Å². The molecule has 0 atom stereocenters. The van der Waals surface area contributed by atoms with Crippen molar-refractivity contribution in [1.29, 1.82) is 0 Å². The lowest BCUT2D eigenvalue weighted by atomic mass is 9.99. The molecule has 1 heterocycles. The van der Waals surface area contributed by atoms with Gasteiger partial charge in [0.15, 0.2) is 0 Å². The second kappa shape index (κ2) is 9.49. The topological polar surface area (TPSA) is 93.4 Å². The van der Waals surface area contributed by atoms with E-state index in [1.807, 2.05) is 42.5 Å². The summed E-state index contributed by atoms with van der Waals surface area (Å²) in [6.45, 7) is 0.663. The van der Waals surface area contributed by atoms with Gasteiger partial charge in [0.1, 0.15) is 0 Å². The van der Waals surface area contributed by atoms with Crippen LogP contribution in [0.4, 0.5) is 11.4 Å². The van der Waals surface area contributed by atoms with Gasteiger partial charge in [0.2, 0.25) is 0 Å². The molecule has 0 aliphatic carbocycles. The van der Waals surface area contributed by atoms with Crippen LogP contribution in [-0.4, -0.2) is 25.5 Å². The first-order chi connectivity index (χ1) is 15.6. The number of hydrogen-bond acceptors (Lipinski definition) is 5. The van der Waals surface area contributed by atoms with Gasteiger partial charge in [0.25, 0.3) is 5.91 Å². The van der Waals surface area contributed by atoms with E-state index in [2.05, 4.69) is 22.8 Å². The van der Waals surface area contributed by atoms with Gasteiger partial charge in [0, 0.05) is 11.3 Å². The molecule has 162 valence electrons. The van der Waals surface area contributed by atoms with Gasteiger partial charge in [-0.05, 0) is 54.8 Å². The van der Waals surface area contributed by atoms with E-state index < -0.39 is 5.97 Å². The number of benzene rings is 3. The Kier molecular flexibility index (Phi) is 6.33. The monoisotopic (exact) mass is 427 g/mol. The van der Waals surface area contributed by atoms with Gasteiger partial charge in [-0.3, -0.25) is 4.79 Å². The van der Waals surface area contributed by atoms with E-state index in [1.165, 1.54) is 12.7 Å². The molecule has 4 rings (SSSR count). The molecular formula is C26H25N3O3. The van der Waals surface area contributed by atoms with Crippen LogP contribution < -0.4 is 16.4 Å². The molecule has 0 aromatic heterocycles. The Hall–Kier alpha value is -3.90. The number of methoxy groups -OCH3 is 1. The number of esters is 1. The molecule has 0 radical (unpaired) electrons. The van der Waals surface area contributed by atoms with Gasteiger partial charge < -0.3 is 21.1 Å². The molecule has 6 heteroatoms. The van der Waals surface area contributed by atoms with Crippen LogP contribution >= 0.6 is 0 Å². The SMILES string of the molecule is COC(=O)c1ccc2c(c1)NC(=O)/C2=C(\Nc1ccc(CCCN)cc1)c1ccccc1. The van der Waals surface area contributed by atoms with E-state index in [1.54, 1.807) is 18.2 Å². The molecule has 3 aromatic carbocycles. The van der Waals surface area contributed by atoms with Crippen LogP contribution in [0, 0.1) is 0 Å². The second-order valence-corrected chi connectivity index (χ2v) is 7.54.